The number of hydrogen-bond donors (Lipinski definition) is 1. The first kappa shape index (κ1) is 14.9. The molecule has 1 aliphatic heterocycles. The molecule has 102 valence electrons. The van der Waals surface area contributed by atoms with Crippen molar-refractivity contribution in [2.75, 3.05) is 33.9 Å². The maximum Gasteiger partial charge on any atom is 0.0469 e. The summed E-state index contributed by atoms with van der Waals surface area (Å²) in [5.74, 6) is 0.743. The Morgan fingerprint density at radius 2 is 1.88 bits per heavy atom. The van der Waals surface area contributed by atoms with E-state index >= 15 is 0 Å². The number of likely N-dealkylation sites (N-methyl/N-ethyl adjacent to an activating group) is 1. The minimum absolute atomic E-state index is 0.192. The summed E-state index contributed by atoms with van der Waals surface area (Å²) < 4.78 is 5.49. The molecule has 1 saturated heterocycles. The molecule has 1 unspecified atom stereocenters. The van der Waals surface area contributed by atoms with Crippen molar-refractivity contribution >= 4 is 0 Å². The van der Waals surface area contributed by atoms with Gasteiger partial charge >= 0.3 is 0 Å². The first-order valence-corrected chi connectivity index (χ1v) is 6.98. The Bertz CT molecular complexity index is 210. The first-order chi connectivity index (χ1) is 8.00. The lowest BCUT2D eigenvalue weighted by atomic mass is 9.79. The van der Waals surface area contributed by atoms with Gasteiger partial charge in [0, 0.05) is 24.8 Å². The second kappa shape index (κ2) is 6.72. The quantitative estimate of drug-likeness (QED) is 0.772. The third-order valence-corrected chi connectivity index (χ3v) is 4.27. The molecule has 0 aliphatic carbocycles. The predicted octanol–water partition coefficient (Wildman–Crippen LogP) is 2.12. The number of hydrogen-bond acceptors (Lipinski definition) is 3. The lowest BCUT2D eigenvalue weighted by Gasteiger charge is -2.45. The Balaban J connectivity index is 2.70. The van der Waals surface area contributed by atoms with Crippen LogP contribution < -0.4 is 5.32 Å². The van der Waals surface area contributed by atoms with Crippen molar-refractivity contribution in [1.82, 2.24) is 10.2 Å². The van der Waals surface area contributed by atoms with E-state index in [1.807, 2.05) is 0 Å². The summed E-state index contributed by atoms with van der Waals surface area (Å²) in [5.41, 5.74) is 0.192. The van der Waals surface area contributed by atoms with Crippen LogP contribution >= 0.6 is 0 Å². The molecule has 0 amide bonds. The van der Waals surface area contributed by atoms with Crippen molar-refractivity contribution < 1.29 is 4.74 Å². The molecule has 0 spiro atoms. The molecule has 17 heavy (non-hydrogen) atoms. The van der Waals surface area contributed by atoms with Gasteiger partial charge in [0.15, 0.2) is 0 Å². The van der Waals surface area contributed by atoms with Crippen molar-refractivity contribution in [3.05, 3.63) is 0 Å². The minimum Gasteiger partial charge on any atom is -0.381 e. The minimum atomic E-state index is 0.192. The Morgan fingerprint density at radius 3 is 2.35 bits per heavy atom. The summed E-state index contributed by atoms with van der Waals surface area (Å²) in [4.78, 5) is 2.34. The van der Waals surface area contributed by atoms with E-state index in [0.29, 0.717) is 6.04 Å². The zero-order valence-corrected chi connectivity index (χ0v) is 12.3. The van der Waals surface area contributed by atoms with E-state index in [4.69, 9.17) is 4.74 Å². The van der Waals surface area contributed by atoms with Crippen molar-refractivity contribution in [3.63, 3.8) is 0 Å². The molecule has 1 fully saturated rings. The van der Waals surface area contributed by atoms with Crippen LogP contribution in [-0.2, 0) is 4.74 Å². The van der Waals surface area contributed by atoms with Gasteiger partial charge in [-0.15, -0.1) is 0 Å². The fourth-order valence-electron chi connectivity index (χ4n) is 2.62. The van der Waals surface area contributed by atoms with Crippen LogP contribution in [-0.4, -0.2) is 50.3 Å². The van der Waals surface area contributed by atoms with Crippen molar-refractivity contribution in [2.45, 2.75) is 51.6 Å². The zero-order chi connectivity index (χ0) is 12.9. The molecule has 1 atom stereocenters. The molecule has 1 rings (SSSR count). The van der Waals surface area contributed by atoms with Gasteiger partial charge < -0.3 is 15.0 Å². The number of ether oxygens (including phenoxy) is 1. The van der Waals surface area contributed by atoms with Crippen LogP contribution in [0, 0.1) is 5.92 Å². The summed E-state index contributed by atoms with van der Waals surface area (Å²) >= 11 is 0. The highest BCUT2D eigenvalue weighted by atomic mass is 16.5. The lowest BCUT2D eigenvalue weighted by molar-refractivity contribution is 0.0202. The van der Waals surface area contributed by atoms with Gasteiger partial charge in [0.2, 0.25) is 0 Å². The van der Waals surface area contributed by atoms with Gasteiger partial charge in [-0.2, -0.15) is 0 Å². The van der Waals surface area contributed by atoms with E-state index in [9.17, 15) is 0 Å². The number of nitrogens with one attached hydrogen (secondary N) is 1. The zero-order valence-electron chi connectivity index (χ0n) is 12.3. The third kappa shape index (κ3) is 3.94. The molecule has 0 radical (unpaired) electrons. The number of rotatable bonds is 6. The molecule has 1 aliphatic rings. The molecular weight excluding hydrogens is 212 g/mol. The first-order valence-electron chi connectivity index (χ1n) is 6.98. The summed E-state index contributed by atoms with van der Waals surface area (Å²) in [6, 6.07) is 0.557. The van der Waals surface area contributed by atoms with Crippen LogP contribution in [0.4, 0.5) is 0 Å². The molecule has 1 heterocycles. The SMILES string of the molecule is CCCNC(C1CCOCC1)C(C)(C)N(C)C. The highest BCUT2D eigenvalue weighted by Crippen LogP contribution is 2.28. The normalized spacial score (nSPS) is 20.8. The van der Waals surface area contributed by atoms with Crippen LogP contribution in [0.15, 0.2) is 0 Å². The van der Waals surface area contributed by atoms with Gasteiger partial charge in [-0.3, -0.25) is 0 Å². The maximum absolute atomic E-state index is 5.49. The van der Waals surface area contributed by atoms with E-state index in [2.05, 4.69) is 45.1 Å². The highest BCUT2D eigenvalue weighted by Gasteiger charge is 2.37. The molecule has 3 heteroatoms. The maximum atomic E-state index is 5.49. The fraction of sp³-hybridized carbons (Fsp3) is 1.00. The van der Waals surface area contributed by atoms with E-state index < -0.39 is 0 Å². The molecule has 3 nitrogen and oxygen atoms in total. The van der Waals surface area contributed by atoms with Gasteiger partial charge in [0.25, 0.3) is 0 Å². The molecule has 1 N–H and O–H groups in total. The van der Waals surface area contributed by atoms with Crippen molar-refractivity contribution in [3.8, 4) is 0 Å². The predicted molar refractivity (Wildman–Crippen MR) is 73.4 cm³/mol. The lowest BCUT2D eigenvalue weighted by Crippen LogP contribution is -2.59. The van der Waals surface area contributed by atoms with Crippen LogP contribution in [0.5, 0.6) is 0 Å². The summed E-state index contributed by atoms with van der Waals surface area (Å²) in [5, 5.41) is 3.76. The van der Waals surface area contributed by atoms with E-state index in [1.165, 1.54) is 19.3 Å². The van der Waals surface area contributed by atoms with Crippen LogP contribution in [0.2, 0.25) is 0 Å². The Kier molecular flexibility index (Phi) is 5.90. The van der Waals surface area contributed by atoms with Gasteiger partial charge in [0.1, 0.15) is 0 Å². The molecule has 0 aromatic carbocycles. The molecule has 0 aromatic heterocycles. The second-order valence-electron chi connectivity index (χ2n) is 5.93. The molecular formula is C14H30N2O. The smallest absolute Gasteiger partial charge is 0.0469 e. The Labute approximate surface area is 107 Å². The average Bonchev–Trinajstić information content (AvgIpc) is 2.30. The third-order valence-electron chi connectivity index (χ3n) is 4.27. The highest BCUT2D eigenvalue weighted by molar-refractivity contribution is 4.96. The largest absolute Gasteiger partial charge is 0.381 e. The van der Waals surface area contributed by atoms with Crippen LogP contribution in [0.3, 0.4) is 0 Å². The average molecular weight is 242 g/mol. The number of nitrogens with zero attached hydrogens (tertiary/aromatic N) is 1. The van der Waals surface area contributed by atoms with E-state index in [-0.39, 0.29) is 5.54 Å². The summed E-state index contributed by atoms with van der Waals surface area (Å²) in [6.45, 7) is 9.89. The summed E-state index contributed by atoms with van der Waals surface area (Å²) in [6.07, 6.45) is 3.58. The molecule has 0 bridgehead atoms. The standard InChI is InChI=1S/C14H30N2O/c1-6-9-15-13(14(2,3)16(4)5)12-7-10-17-11-8-12/h12-13,15H,6-11H2,1-5H3. The van der Waals surface area contributed by atoms with Gasteiger partial charge in [-0.05, 0) is 59.7 Å². The second-order valence-corrected chi connectivity index (χ2v) is 5.93. The fourth-order valence-corrected chi connectivity index (χ4v) is 2.62. The van der Waals surface area contributed by atoms with Gasteiger partial charge in [-0.1, -0.05) is 6.92 Å². The van der Waals surface area contributed by atoms with Gasteiger partial charge in [0.05, 0.1) is 0 Å². The topological polar surface area (TPSA) is 24.5 Å². The van der Waals surface area contributed by atoms with Crippen molar-refractivity contribution in [1.29, 1.82) is 0 Å². The van der Waals surface area contributed by atoms with E-state index in [1.54, 1.807) is 0 Å². The van der Waals surface area contributed by atoms with E-state index in [0.717, 1.165) is 25.7 Å². The molecule has 0 saturated carbocycles. The summed E-state index contributed by atoms with van der Waals surface area (Å²) in [7, 11) is 4.36. The Morgan fingerprint density at radius 1 is 1.29 bits per heavy atom. The van der Waals surface area contributed by atoms with Crippen molar-refractivity contribution in [2.24, 2.45) is 5.92 Å². The van der Waals surface area contributed by atoms with Crippen LogP contribution in [0.25, 0.3) is 0 Å². The monoisotopic (exact) mass is 242 g/mol. The Hall–Kier alpha value is -0.120. The molecule has 0 aromatic rings. The van der Waals surface area contributed by atoms with Gasteiger partial charge in [-0.25, -0.2) is 0 Å². The van der Waals surface area contributed by atoms with Crippen LogP contribution in [0.1, 0.15) is 40.0 Å².